The standard InChI is InChI=1S/C15H15N3O2/c1-17-15-10(9-16)4-6-13(18-15)12-8-11(19-2)5-7-14(12)20-3/h4-8H,1-3H3,(H,17,18). The van der Waals surface area contributed by atoms with Gasteiger partial charge in [-0.15, -0.1) is 0 Å². The number of ether oxygens (including phenoxy) is 2. The second-order valence-corrected chi connectivity index (χ2v) is 4.02. The molecule has 0 amide bonds. The first-order chi connectivity index (χ1) is 9.73. The van der Waals surface area contributed by atoms with E-state index < -0.39 is 0 Å². The molecular weight excluding hydrogens is 254 g/mol. The maximum absolute atomic E-state index is 9.02. The number of anilines is 1. The number of hydrogen-bond acceptors (Lipinski definition) is 5. The molecule has 0 saturated carbocycles. The van der Waals surface area contributed by atoms with E-state index in [-0.39, 0.29) is 0 Å². The van der Waals surface area contributed by atoms with Crippen molar-refractivity contribution < 1.29 is 9.47 Å². The van der Waals surface area contributed by atoms with Crippen LogP contribution in [0.15, 0.2) is 30.3 Å². The van der Waals surface area contributed by atoms with E-state index in [4.69, 9.17) is 14.7 Å². The highest BCUT2D eigenvalue weighted by molar-refractivity contribution is 5.71. The molecule has 0 fully saturated rings. The molecular formula is C15H15N3O2. The SMILES string of the molecule is CNc1nc(-c2cc(OC)ccc2OC)ccc1C#N. The van der Waals surface area contributed by atoms with Crippen molar-refractivity contribution in [1.29, 1.82) is 5.26 Å². The molecule has 2 aromatic rings. The van der Waals surface area contributed by atoms with E-state index in [1.807, 2.05) is 18.2 Å². The highest BCUT2D eigenvalue weighted by atomic mass is 16.5. The predicted octanol–water partition coefficient (Wildman–Crippen LogP) is 2.68. The minimum atomic E-state index is 0.498. The molecule has 0 unspecified atom stereocenters. The molecule has 2 rings (SSSR count). The van der Waals surface area contributed by atoms with Gasteiger partial charge in [0.1, 0.15) is 23.4 Å². The van der Waals surface area contributed by atoms with Gasteiger partial charge < -0.3 is 14.8 Å². The summed E-state index contributed by atoms with van der Waals surface area (Å²) in [5.41, 5.74) is 2.02. The van der Waals surface area contributed by atoms with Crippen LogP contribution < -0.4 is 14.8 Å². The molecule has 0 aliphatic carbocycles. The van der Waals surface area contributed by atoms with Crippen LogP contribution in [0.2, 0.25) is 0 Å². The number of methoxy groups -OCH3 is 2. The average molecular weight is 269 g/mol. The summed E-state index contributed by atoms with van der Waals surface area (Å²) >= 11 is 0. The molecule has 0 atom stereocenters. The van der Waals surface area contributed by atoms with Gasteiger partial charge >= 0.3 is 0 Å². The van der Waals surface area contributed by atoms with Crippen LogP contribution in [0.4, 0.5) is 5.82 Å². The van der Waals surface area contributed by atoms with Crippen LogP contribution in [-0.4, -0.2) is 26.3 Å². The third-order valence-electron chi connectivity index (χ3n) is 2.94. The van der Waals surface area contributed by atoms with Gasteiger partial charge in [-0.2, -0.15) is 5.26 Å². The number of pyridine rings is 1. The predicted molar refractivity (Wildman–Crippen MR) is 77.0 cm³/mol. The Hall–Kier alpha value is -2.74. The van der Waals surface area contributed by atoms with Gasteiger partial charge in [-0.25, -0.2) is 4.98 Å². The van der Waals surface area contributed by atoms with Crippen molar-refractivity contribution >= 4 is 5.82 Å². The molecule has 1 aromatic heterocycles. The molecule has 0 saturated heterocycles. The summed E-state index contributed by atoms with van der Waals surface area (Å²) in [7, 11) is 4.94. The highest BCUT2D eigenvalue weighted by Gasteiger charge is 2.11. The molecule has 0 bridgehead atoms. The highest BCUT2D eigenvalue weighted by Crippen LogP contribution is 2.33. The maximum Gasteiger partial charge on any atom is 0.144 e. The van der Waals surface area contributed by atoms with Crippen molar-refractivity contribution in [3.8, 4) is 28.8 Å². The molecule has 5 nitrogen and oxygen atoms in total. The van der Waals surface area contributed by atoms with Crippen LogP contribution in [0.1, 0.15) is 5.56 Å². The fourth-order valence-corrected chi connectivity index (χ4v) is 1.90. The Kier molecular flexibility index (Phi) is 4.06. The Labute approximate surface area is 117 Å². The van der Waals surface area contributed by atoms with Crippen LogP contribution in [0.25, 0.3) is 11.3 Å². The van der Waals surface area contributed by atoms with Gasteiger partial charge in [-0.1, -0.05) is 0 Å². The molecule has 0 aliphatic heterocycles. The number of benzene rings is 1. The number of nitriles is 1. The smallest absolute Gasteiger partial charge is 0.144 e. The van der Waals surface area contributed by atoms with Crippen molar-refractivity contribution in [3.63, 3.8) is 0 Å². The van der Waals surface area contributed by atoms with Crippen LogP contribution in [-0.2, 0) is 0 Å². The lowest BCUT2D eigenvalue weighted by atomic mass is 10.1. The average Bonchev–Trinajstić information content (AvgIpc) is 2.53. The Bertz CT molecular complexity index is 663. The third kappa shape index (κ3) is 2.50. The molecule has 0 aliphatic rings. The first kappa shape index (κ1) is 13.7. The summed E-state index contributed by atoms with van der Waals surface area (Å²) in [4.78, 5) is 4.45. The quantitative estimate of drug-likeness (QED) is 0.924. The van der Waals surface area contributed by atoms with Gasteiger partial charge in [0.25, 0.3) is 0 Å². The second-order valence-electron chi connectivity index (χ2n) is 4.02. The number of rotatable bonds is 4. The monoisotopic (exact) mass is 269 g/mol. The Balaban J connectivity index is 2.58. The van der Waals surface area contributed by atoms with Crippen LogP contribution in [0.5, 0.6) is 11.5 Å². The maximum atomic E-state index is 9.02. The van der Waals surface area contributed by atoms with Crippen LogP contribution >= 0.6 is 0 Å². The van der Waals surface area contributed by atoms with E-state index in [1.165, 1.54) is 0 Å². The van der Waals surface area contributed by atoms with E-state index in [0.717, 1.165) is 11.3 Å². The Morgan fingerprint density at radius 3 is 2.55 bits per heavy atom. The van der Waals surface area contributed by atoms with Crippen molar-refractivity contribution in [2.24, 2.45) is 0 Å². The second kappa shape index (κ2) is 5.93. The Morgan fingerprint density at radius 2 is 1.95 bits per heavy atom. The van der Waals surface area contributed by atoms with Crippen molar-refractivity contribution in [2.75, 3.05) is 26.6 Å². The number of nitrogens with zero attached hydrogens (tertiary/aromatic N) is 2. The molecule has 20 heavy (non-hydrogen) atoms. The van der Waals surface area contributed by atoms with Crippen LogP contribution in [0.3, 0.4) is 0 Å². The zero-order valence-corrected chi connectivity index (χ0v) is 11.6. The number of hydrogen-bond donors (Lipinski definition) is 1. The van der Waals surface area contributed by atoms with E-state index in [2.05, 4.69) is 16.4 Å². The minimum absolute atomic E-state index is 0.498. The van der Waals surface area contributed by atoms with E-state index >= 15 is 0 Å². The molecule has 1 heterocycles. The fraction of sp³-hybridized carbons (Fsp3) is 0.200. The molecule has 0 radical (unpaired) electrons. The summed E-state index contributed by atoms with van der Waals surface area (Å²) in [6.07, 6.45) is 0. The summed E-state index contributed by atoms with van der Waals surface area (Å²) in [6, 6.07) is 11.1. The van der Waals surface area contributed by atoms with Crippen molar-refractivity contribution in [3.05, 3.63) is 35.9 Å². The lowest BCUT2D eigenvalue weighted by molar-refractivity contribution is 0.404. The van der Waals surface area contributed by atoms with Gasteiger partial charge in [0, 0.05) is 12.6 Å². The zero-order valence-electron chi connectivity index (χ0n) is 11.6. The summed E-state index contributed by atoms with van der Waals surface area (Å²) in [6.45, 7) is 0. The largest absolute Gasteiger partial charge is 0.497 e. The van der Waals surface area contributed by atoms with Gasteiger partial charge in [0.15, 0.2) is 0 Å². The van der Waals surface area contributed by atoms with Gasteiger partial charge in [0.05, 0.1) is 25.5 Å². The first-order valence-corrected chi connectivity index (χ1v) is 6.04. The third-order valence-corrected chi connectivity index (χ3v) is 2.94. The lowest BCUT2D eigenvalue weighted by Crippen LogP contribution is -1.98. The Morgan fingerprint density at radius 1 is 1.15 bits per heavy atom. The zero-order chi connectivity index (χ0) is 14.5. The van der Waals surface area contributed by atoms with Crippen LogP contribution in [0, 0.1) is 11.3 Å². The molecule has 102 valence electrons. The lowest BCUT2D eigenvalue weighted by Gasteiger charge is -2.11. The van der Waals surface area contributed by atoms with E-state index in [1.54, 1.807) is 33.4 Å². The minimum Gasteiger partial charge on any atom is -0.497 e. The summed E-state index contributed by atoms with van der Waals surface area (Å²) < 4.78 is 10.6. The number of aromatic nitrogens is 1. The molecule has 1 N–H and O–H groups in total. The molecule has 5 heteroatoms. The normalized spacial score (nSPS) is 9.70. The summed E-state index contributed by atoms with van der Waals surface area (Å²) in [5.74, 6) is 1.96. The van der Waals surface area contributed by atoms with E-state index in [0.29, 0.717) is 22.8 Å². The molecule has 1 aromatic carbocycles. The summed E-state index contributed by atoms with van der Waals surface area (Å²) in [5, 5.41) is 11.9. The van der Waals surface area contributed by atoms with Gasteiger partial charge in [-0.3, -0.25) is 0 Å². The topological polar surface area (TPSA) is 67.2 Å². The van der Waals surface area contributed by atoms with Gasteiger partial charge in [0.2, 0.25) is 0 Å². The van der Waals surface area contributed by atoms with Gasteiger partial charge in [-0.05, 0) is 30.3 Å². The van der Waals surface area contributed by atoms with Crippen molar-refractivity contribution in [2.45, 2.75) is 0 Å². The number of nitrogens with one attached hydrogen (secondary N) is 1. The molecule has 0 spiro atoms. The van der Waals surface area contributed by atoms with Crippen molar-refractivity contribution in [1.82, 2.24) is 4.98 Å². The van der Waals surface area contributed by atoms with E-state index in [9.17, 15) is 0 Å². The first-order valence-electron chi connectivity index (χ1n) is 6.04. The fourth-order valence-electron chi connectivity index (χ4n) is 1.90.